The van der Waals surface area contributed by atoms with Crippen molar-refractivity contribution in [1.29, 1.82) is 0 Å². The lowest BCUT2D eigenvalue weighted by Gasteiger charge is -2.03. The summed E-state index contributed by atoms with van der Waals surface area (Å²) in [4.78, 5) is 4.17. The van der Waals surface area contributed by atoms with Gasteiger partial charge in [-0.1, -0.05) is 30.3 Å². The van der Waals surface area contributed by atoms with Crippen LogP contribution in [0.1, 0.15) is 0 Å². The van der Waals surface area contributed by atoms with Crippen LogP contribution < -0.4 is 5.32 Å². The van der Waals surface area contributed by atoms with E-state index in [4.69, 9.17) is 0 Å². The van der Waals surface area contributed by atoms with E-state index in [1.165, 1.54) is 5.56 Å². The molecule has 1 N–H and O–H groups in total. The van der Waals surface area contributed by atoms with Gasteiger partial charge in [-0.25, -0.2) is 0 Å². The third-order valence-corrected chi connectivity index (χ3v) is 2.13. The van der Waals surface area contributed by atoms with Crippen molar-refractivity contribution in [2.24, 2.45) is 0 Å². The molecular weight excluding hydrogens is 172 g/mol. The molecule has 1 aromatic carbocycles. The van der Waals surface area contributed by atoms with E-state index in [1.807, 2.05) is 37.6 Å². The molecule has 0 aliphatic heterocycles. The summed E-state index contributed by atoms with van der Waals surface area (Å²) in [5.74, 6) is 0. The SMILES string of the molecule is CNc1cncc(-c2ccccc2)c1. The molecule has 0 bridgehead atoms. The van der Waals surface area contributed by atoms with Crippen molar-refractivity contribution in [3.8, 4) is 11.1 Å². The van der Waals surface area contributed by atoms with Gasteiger partial charge in [-0.3, -0.25) is 4.98 Å². The van der Waals surface area contributed by atoms with Gasteiger partial charge in [0.25, 0.3) is 0 Å². The van der Waals surface area contributed by atoms with Gasteiger partial charge in [0, 0.05) is 25.0 Å². The summed E-state index contributed by atoms with van der Waals surface area (Å²) < 4.78 is 0. The van der Waals surface area contributed by atoms with Crippen molar-refractivity contribution < 1.29 is 0 Å². The van der Waals surface area contributed by atoms with Crippen LogP contribution in [0.15, 0.2) is 48.8 Å². The first-order valence-corrected chi connectivity index (χ1v) is 4.58. The van der Waals surface area contributed by atoms with Crippen LogP contribution in [0.2, 0.25) is 0 Å². The fourth-order valence-corrected chi connectivity index (χ4v) is 1.37. The largest absolute Gasteiger partial charge is 0.387 e. The molecule has 2 aromatic rings. The average molecular weight is 184 g/mol. The van der Waals surface area contributed by atoms with Gasteiger partial charge in [-0.2, -0.15) is 0 Å². The lowest BCUT2D eigenvalue weighted by Crippen LogP contribution is -1.89. The summed E-state index contributed by atoms with van der Waals surface area (Å²) in [5, 5.41) is 3.07. The summed E-state index contributed by atoms with van der Waals surface area (Å²) in [6.45, 7) is 0. The van der Waals surface area contributed by atoms with Gasteiger partial charge in [0.2, 0.25) is 0 Å². The molecule has 0 radical (unpaired) electrons. The van der Waals surface area contributed by atoms with E-state index >= 15 is 0 Å². The Balaban J connectivity index is 2.42. The Bertz CT molecular complexity index is 410. The molecule has 0 aliphatic rings. The number of benzene rings is 1. The summed E-state index contributed by atoms with van der Waals surface area (Å²) in [5.41, 5.74) is 3.36. The van der Waals surface area contributed by atoms with E-state index in [2.05, 4.69) is 28.5 Å². The zero-order valence-electron chi connectivity index (χ0n) is 8.07. The Morgan fingerprint density at radius 3 is 2.50 bits per heavy atom. The monoisotopic (exact) mass is 184 g/mol. The maximum Gasteiger partial charge on any atom is 0.0530 e. The summed E-state index contributed by atoms with van der Waals surface area (Å²) in [7, 11) is 1.89. The fourth-order valence-electron chi connectivity index (χ4n) is 1.37. The first kappa shape index (κ1) is 8.75. The van der Waals surface area contributed by atoms with Crippen LogP contribution in [-0.4, -0.2) is 12.0 Å². The van der Waals surface area contributed by atoms with Gasteiger partial charge in [-0.05, 0) is 11.6 Å². The van der Waals surface area contributed by atoms with E-state index in [9.17, 15) is 0 Å². The zero-order valence-corrected chi connectivity index (χ0v) is 8.07. The van der Waals surface area contributed by atoms with Crippen LogP contribution in [0.4, 0.5) is 5.69 Å². The third kappa shape index (κ3) is 1.74. The number of nitrogens with one attached hydrogen (secondary N) is 1. The minimum Gasteiger partial charge on any atom is -0.387 e. The molecule has 0 aliphatic carbocycles. The quantitative estimate of drug-likeness (QED) is 0.776. The molecule has 2 nitrogen and oxygen atoms in total. The number of rotatable bonds is 2. The maximum absolute atomic E-state index is 4.17. The predicted octanol–water partition coefficient (Wildman–Crippen LogP) is 2.79. The lowest BCUT2D eigenvalue weighted by atomic mass is 10.1. The van der Waals surface area contributed by atoms with E-state index in [0.29, 0.717) is 0 Å². The number of pyridine rings is 1. The van der Waals surface area contributed by atoms with Crippen LogP contribution in [-0.2, 0) is 0 Å². The Hall–Kier alpha value is -1.83. The standard InChI is InChI=1S/C12H12N2/c1-13-12-7-11(8-14-9-12)10-5-3-2-4-6-10/h2-9,13H,1H3. The molecule has 1 heterocycles. The number of hydrogen-bond acceptors (Lipinski definition) is 2. The van der Waals surface area contributed by atoms with Crippen molar-refractivity contribution in [1.82, 2.24) is 4.98 Å². The normalized spacial score (nSPS) is 9.79. The molecule has 0 atom stereocenters. The molecule has 70 valence electrons. The van der Waals surface area contributed by atoms with Crippen molar-refractivity contribution in [2.45, 2.75) is 0 Å². The van der Waals surface area contributed by atoms with Gasteiger partial charge >= 0.3 is 0 Å². The Morgan fingerprint density at radius 2 is 1.79 bits per heavy atom. The minimum absolute atomic E-state index is 1.03. The second kappa shape index (κ2) is 3.92. The zero-order chi connectivity index (χ0) is 9.80. The number of nitrogens with zero attached hydrogens (tertiary/aromatic N) is 1. The lowest BCUT2D eigenvalue weighted by molar-refractivity contribution is 1.31. The summed E-state index contributed by atoms with van der Waals surface area (Å²) >= 11 is 0. The number of aromatic nitrogens is 1. The molecule has 2 rings (SSSR count). The van der Waals surface area contributed by atoms with Gasteiger partial charge in [0.05, 0.1) is 5.69 Å². The Labute approximate surface area is 83.6 Å². The fraction of sp³-hybridized carbons (Fsp3) is 0.0833. The van der Waals surface area contributed by atoms with Crippen LogP contribution in [0, 0.1) is 0 Å². The van der Waals surface area contributed by atoms with Crippen molar-refractivity contribution in [2.75, 3.05) is 12.4 Å². The molecule has 14 heavy (non-hydrogen) atoms. The average Bonchev–Trinajstić information content (AvgIpc) is 2.30. The topological polar surface area (TPSA) is 24.9 Å². The maximum atomic E-state index is 4.17. The summed E-state index contributed by atoms with van der Waals surface area (Å²) in [6.07, 6.45) is 3.68. The predicted molar refractivity (Wildman–Crippen MR) is 59.2 cm³/mol. The second-order valence-electron chi connectivity index (χ2n) is 3.08. The minimum atomic E-state index is 1.03. The summed E-state index contributed by atoms with van der Waals surface area (Å²) in [6, 6.07) is 12.3. The smallest absolute Gasteiger partial charge is 0.0530 e. The van der Waals surface area contributed by atoms with Crippen LogP contribution in [0.25, 0.3) is 11.1 Å². The van der Waals surface area contributed by atoms with E-state index in [-0.39, 0.29) is 0 Å². The first-order valence-electron chi connectivity index (χ1n) is 4.58. The van der Waals surface area contributed by atoms with Crippen LogP contribution in [0.5, 0.6) is 0 Å². The molecule has 0 amide bonds. The Morgan fingerprint density at radius 1 is 1.00 bits per heavy atom. The third-order valence-electron chi connectivity index (χ3n) is 2.13. The molecule has 2 heteroatoms. The molecule has 0 spiro atoms. The van der Waals surface area contributed by atoms with Crippen molar-refractivity contribution >= 4 is 5.69 Å². The van der Waals surface area contributed by atoms with Gasteiger partial charge in [-0.15, -0.1) is 0 Å². The van der Waals surface area contributed by atoms with E-state index < -0.39 is 0 Å². The van der Waals surface area contributed by atoms with Crippen molar-refractivity contribution in [3.05, 3.63) is 48.8 Å². The molecule has 0 unspecified atom stereocenters. The van der Waals surface area contributed by atoms with E-state index in [0.717, 1.165) is 11.3 Å². The highest BCUT2D eigenvalue weighted by atomic mass is 14.8. The number of anilines is 1. The second-order valence-corrected chi connectivity index (χ2v) is 3.08. The van der Waals surface area contributed by atoms with Crippen LogP contribution in [0.3, 0.4) is 0 Å². The Kier molecular flexibility index (Phi) is 2.45. The highest BCUT2D eigenvalue weighted by molar-refractivity contribution is 5.66. The molecule has 0 saturated carbocycles. The molecule has 0 saturated heterocycles. The first-order chi connectivity index (χ1) is 6.90. The van der Waals surface area contributed by atoms with Crippen LogP contribution >= 0.6 is 0 Å². The van der Waals surface area contributed by atoms with Gasteiger partial charge in [0.1, 0.15) is 0 Å². The molecular formula is C12H12N2. The van der Waals surface area contributed by atoms with Gasteiger partial charge < -0.3 is 5.32 Å². The molecule has 0 fully saturated rings. The van der Waals surface area contributed by atoms with E-state index in [1.54, 1.807) is 0 Å². The highest BCUT2D eigenvalue weighted by Crippen LogP contribution is 2.20. The highest BCUT2D eigenvalue weighted by Gasteiger charge is 1.97. The number of hydrogen-bond donors (Lipinski definition) is 1. The molecule has 1 aromatic heterocycles. The van der Waals surface area contributed by atoms with Gasteiger partial charge in [0.15, 0.2) is 0 Å². The van der Waals surface area contributed by atoms with Crippen molar-refractivity contribution in [3.63, 3.8) is 0 Å².